The molecule has 1 fully saturated rings. The van der Waals surface area contributed by atoms with Crippen molar-refractivity contribution < 1.29 is 44.6 Å². The summed E-state index contributed by atoms with van der Waals surface area (Å²) in [5.41, 5.74) is -3.50. The fraction of sp³-hybridized carbons (Fsp3) is 0.567. The number of nitrogens with zero attached hydrogens (tertiary/aromatic N) is 6. The first kappa shape index (κ1) is 33.8. The quantitative estimate of drug-likeness (QED) is 0.251. The SMILES string of the molecule is Cc1cc2c(cc1C(F)(F)F)N(CC1CCCC1)CCCC2N(Cc1cc(C(F)(F)F)cc(C(F)(F)F)c1)c1nnn(CCO)n1. The van der Waals surface area contributed by atoms with Crippen LogP contribution in [0.25, 0.3) is 0 Å². The summed E-state index contributed by atoms with van der Waals surface area (Å²) in [6.07, 6.45) is -10.1. The monoisotopic (exact) mass is 664 g/mol. The molecule has 0 spiro atoms. The third-order valence-electron chi connectivity index (χ3n) is 8.61. The van der Waals surface area contributed by atoms with Crippen LogP contribution >= 0.6 is 0 Å². The highest BCUT2D eigenvalue weighted by Gasteiger charge is 2.40. The smallest absolute Gasteiger partial charge is 0.394 e. The van der Waals surface area contributed by atoms with Crippen molar-refractivity contribution in [2.24, 2.45) is 5.92 Å². The van der Waals surface area contributed by atoms with E-state index in [1.807, 2.05) is 4.90 Å². The molecule has 1 aliphatic carbocycles. The molecular weight excluding hydrogens is 631 g/mol. The Morgan fingerprint density at radius 2 is 1.50 bits per heavy atom. The number of anilines is 2. The summed E-state index contributed by atoms with van der Waals surface area (Å²) in [4.78, 5) is 4.33. The van der Waals surface area contributed by atoms with Crippen molar-refractivity contribution in [1.82, 2.24) is 20.2 Å². The molecule has 5 rings (SSSR count). The molecule has 0 saturated heterocycles. The molecule has 1 unspecified atom stereocenters. The molecule has 3 aromatic rings. The minimum absolute atomic E-state index is 0.0352. The van der Waals surface area contributed by atoms with Crippen LogP contribution in [0, 0.1) is 12.8 Å². The number of rotatable bonds is 8. The maximum Gasteiger partial charge on any atom is 0.416 e. The molecule has 2 aliphatic rings. The number of hydrogen-bond acceptors (Lipinski definition) is 6. The lowest BCUT2D eigenvalue weighted by Crippen LogP contribution is -2.31. The van der Waals surface area contributed by atoms with E-state index < -0.39 is 47.8 Å². The van der Waals surface area contributed by atoms with E-state index in [1.165, 1.54) is 17.9 Å². The lowest BCUT2D eigenvalue weighted by molar-refractivity contribution is -0.143. The van der Waals surface area contributed by atoms with Gasteiger partial charge in [0.25, 0.3) is 5.95 Å². The standard InChI is InChI=1S/C30H33F9N6O/c1-18-11-23-25(7-4-8-43(16-19-5-2-3-6-19)26(23)15-24(18)30(37,38)39)44(27-40-42-45(41-27)9-10-46)17-20-12-21(28(31,32)33)14-22(13-20)29(34,35)36/h11-15,19,25,46H,2-10,16-17H2,1H3. The number of aryl methyl sites for hydroxylation is 1. The van der Waals surface area contributed by atoms with E-state index in [2.05, 4.69) is 15.4 Å². The van der Waals surface area contributed by atoms with E-state index in [4.69, 9.17) is 0 Å². The third-order valence-corrected chi connectivity index (χ3v) is 8.61. The number of tetrazole rings is 1. The van der Waals surface area contributed by atoms with Crippen LogP contribution in [0.2, 0.25) is 0 Å². The van der Waals surface area contributed by atoms with Crippen molar-refractivity contribution in [2.45, 2.75) is 83.1 Å². The molecule has 0 radical (unpaired) electrons. The molecule has 252 valence electrons. The first-order valence-electron chi connectivity index (χ1n) is 14.9. The Hall–Kier alpha value is -3.56. The molecule has 46 heavy (non-hydrogen) atoms. The summed E-state index contributed by atoms with van der Waals surface area (Å²) in [5, 5.41) is 21.4. The summed E-state index contributed by atoms with van der Waals surface area (Å²) in [6.45, 7) is 1.24. The van der Waals surface area contributed by atoms with Crippen LogP contribution in [-0.4, -0.2) is 45.0 Å². The van der Waals surface area contributed by atoms with Crippen LogP contribution in [0.5, 0.6) is 0 Å². The summed E-state index contributed by atoms with van der Waals surface area (Å²) in [7, 11) is 0. The zero-order chi connectivity index (χ0) is 33.4. The Kier molecular flexibility index (Phi) is 9.49. The van der Waals surface area contributed by atoms with Crippen molar-refractivity contribution in [2.75, 3.05) is 29.5 Å². The Labute approximate surface area is 259 Å². The largest absolute Gasteiger partial charge is 0.416 e. The van der Waals surface area contributed by atoms with Gasteiger partial charge in [-0.25, -0.2) is 0 Å². The first-order chi connectivity index (χ1) is 21.5. The molecule has 7 nitrogen and oxygen atoms in total. The molecule has 2 aromatic carbocycles. The molecule has 1 N–H and O–H groups in total. The predicted molar refractivity (Wildman–Crippen MR) is 150 cm³/mol. The molecule has 1 saturated carbocycles. The second-order valence-electron chi connectivity index (χ2n) is 11.9. The van der Waals surface area contributed by atoms with Gasteiger partial charge < -0.3 is 14.9 Å². The minimum atomic E-state index is -5.08. The van der Waals surface area contributed by atoms with Crippen LogP contribution < -0.4 is 9.80 Å². The lowest BCUT2D eigenvalue weighted by Gasteiger charge is -2.34. The van der Waals surface area contributed by atoms with E-state index in [-0.39, 0.29) is 42.2 Å². The highest BCUT2D eigenvalue weighted by molar-refractivity contribution is 5.62. The van der Waals surface area contributed by atoms with Crippen molar-refractivity contribution in [3.63, 3.8) is 0 Å². The van der Waals surface area contributed by atoms with Crippen LogP contribution in [0.1, 0.15) is 77.9 Å². The van der Waals surface area contributed by atoms with Crippen LogP contribution in [0.4, 0.5) is 51.1 Å². The number of benzene rings is 2. The Balaban J connectivity index is 1.66. The average Bonchev–Trinajstić information content (AvgIpc) is 3.61. The van der Waals surface area contributed by atoms with E-state index in [0.717, 1.165) is 36.5 Å². The van der Waals surface area contributed by atoms with Gasteiger partial charge in [-0.2, -0.15) is 44.3 Å². The van der Waals surface area contributed by atoms with E-state index in [1.54, 1.807) is 0 Å². The van der Waals surface area contributed by atoms with Gasteiger partial charge in [0.2, 0.25) is 0 Å². The second-order valence-corrected chi connectivity index (χ2v) is 11.9. The molecule has 1 aromatic heterocycles. The Morgan fingerprint density at radius 3 is 2.09 bits per heavy atom. The summed E-state index contributed by atoms with van der Waals surface area (Å²) in [5.74, 6) is 0.124. The van der Waals surface area contributed by atoms with Crippen molar-refractivity contribution in [3.8, 4) is 0 Å². The zero-order valence-corrected chi connectivity index (χ0v) is 24.9. The van der Waals surface area contributed by atoms with Crippen LogP contribution in [-0.2, 0) is 31.6 Å². The van der Waals surface area contributed by atoms with Gasteiger partial charge in [0.1, 0.15) is 0 Å². The Bertz CT molecular complexity index is 1480. The number of halogens is 9. The summed E-state index contributed by atoms with van der Waals surface area (Å²) < 4.78 is 125. The van der Waals surface area contributed by atoms with Crippen molar-refractivity contribution >= 4 is 11.6 Å². The molecule has 1 aliphatic heterocycles. The van der Waals surface area contributed by atoms with Crippen LogP contribution in [0.15, 0.2) is 30.3 Å². The fourth-order valence-corrected chi connectivity index (χ4v) is 6.50. The molecule has 0 amide bonds. The lowest BCUT2D eigenvalue weighted by atomic mass is 9.94. The molecule has 16 heteroatoms. The maximum atomic E-state index is 14.1. The topological polar surface area (TPSA) is 70.3 Å². The number of fused-ring (bicyclic) bond motifs is 1. The molecule has 1 atom stereocenters. The highest BCUT2D eigenvalue weighted by atomic mass is 19.4. The second kappa shape index (κ2) is 12.9. The van der Waals surface area contributed by atoms with Gasteiger partial charge in [-0.3, -0.25) is 0 Å². The predicted octanol–water partition coefficient (Wildman–Crippen LogP) is 7.57. The third kappa shape index (κ3) is 7.52. The van der Waals surface area contributed by atoms with E-state index in [0.29, 0.717) is 49.3 Å². The molecule has 0 bridgehead atoms. The number of aliphatic hydroxyl groups is 1. The van der Waals surface area contributed by atoms with Gasteiger partial charge in [-0.1, -0.05) is 24.0 Å². The number of hydrogen-bond donors (Lipinski definition) is 1. The van der Waals surface area contributed by atoms with Crippen LogP contribution in [0.3, 0.4) is 0 Å². The minimum Gasteiger partial charge on any atom is -0.394 e. The molecular formula is C30H33F9N6O. The van der Waals surface area contributed by atoms with Gasteiger partial charge in [0, 0.05) is 25.3 Å². The fourth-order valence-electron chi connectivity index (χ4n) is 6.50. The van der Waals surface area contributed by atoms with E-state index in [9.17, 15) is 44.6 Å². The van der Waals surface area contributed by atoms with Gasteiger partial charge in [0.15, 0.2) is 0 Å². The maximum absolute atomic E-state index is 14.1. The first-order valence-corrected chi connectivity index (χ1v) is 14.9. The van der Waals surface area contributed by atoms with Gasteiger partial charge in [-0.15, -0.1) is 5.10 Å². The van der Waals surface area contributed by atoms with Crippen molar-refractivity contribution in [3.05, 3.63) is 63.7 Å². The van der Waals surface area contributed by atoms with Gasteiger partial charge in [0.05, 0.1) is 35.9 Å². The van der Waals surface area contributed by atoms with E-state index >= 15 is 0 Å². The van der Waals surface area contributed by atoms with Gasteiger partial charge in [-0.05, 0) is 84.7 Å². The normalized spacial score (nSPS) is 18.2. The Morgan fingerprint density at radius 1 is 0.848 bits per heavy atom. The number of alkyl halides is 9. The summed E-state index contributed by atoms with van der Waals surface area (Å²) in [6, 6.07) is 2.92. The zero-order valence-electron chi connectivity index (χ0n) is 24.9. The number of aromatic nitrogens is 4. The average molecular weight is 665 g/mol. The summed E-state index contributed by atoms with van der Waals surface area (Å²) >= 11 is 0. The number of aliphatic hydroxyl groups excluding tert-OH is 1. The molecule has 2 heterocycles. The van der Waals surface area contributed by atoms with Crippen molar-refractivity contribution in [1.29, 1.82) is 0 Å². The van der Waals surface area contributed by atoms with Gasteiger partial charge >= 0.3 is 18.5 Å². The highest BCUT2D eigenvalue weighted by Crippen LogP contribution is 2.45.